The van der Waals surface area contributed by atoms with Gasteiger partial charge in [0.2, 0.25) is 0 Å². The van der Waals surface area contributed by atoms with Crippen LogP contribution >= 0.6 is 23.2 Å². The highest BCUT2D eigenvalue weighted by Gasteiger charge is 2.21. The number of aromatic nitrogens is 5. The summed E-state index contributed by atoms with van der Waals surface area (Å²) in [6, 6.07) is 22.0. The van der Waals surface area contributed by atoms with Crippen molar-refractivity contribution in [3.05, 3.63) is 99.5 Å². The first-order valence-corrected chi connectivity index (χ1v) is 10.6. The fourth-order valence-corrected chi connectivity index (χ4v) is 4.44. The van der Waals surface area contributed by atoms with E-state index in [0.29, 0.717) is 54.7 Å². The maximum Gasteiger partial charge on any atom is 0.269 e. The van der Waals surface area contributed by atoms with E-state index in [-0.39, 0.29) is 5.56 Å². The van der Waals surface area contributed by atoms with Gasteiger partial charge in [0.1, 0.15) is 17.2 Å². The summed E-state index contributed by atoms with van der Waals surface area (Å²) in [5.41, 5.74) is 3.94. The van der Waals surface area contributed by atoms with Crippen LogP contribution in [0.25, 0.3) is 44.6 Å². The molecule has 3 heterocycles. The molecule has 32 heavy (non-hydrogen) atoms. The van der Waals surface area contributed by atoms with E-state index in [1.165, 1.54) is 10.9 Å². The topological polar surface area (TPSA) is 65.6 Å². The smallest absolute Gasteiger partial charge is 0.269 e. The van der Waals surface area contributed by atoms with Gasteiger partial charge in [0.15, 0.2) is 11.3 Å². The molecule has 0 atom stereocenters. The van der Waals surface area contributed by atoms with Crippen LogP contribution < -0.4 is 5.56 Å². The maximum absolute atomic E-state index is 13.6. The zero-order chi connectivity index (χ0) is 21.8. The Bertz CT molecular complexity index is 1700. The molecule has 3 aromatic heterocycles. The first-order valence-electron chi connectivity index (χ1n) is 9.80. The van der Waals surface area contributed by atoms with Crippen LogP contribution in [0.15, 0.2) is 83.9 Å². The van der Waals surface area contributed by atoms with E-state index in [1.54, 1.807) is 22.8 Å². The van der Waals surface area contributed by atoms with Crippen LogP contribution in [0, 0.1) is 0 Å². The van der Waals surface area contributed by atoms with Crippen molar-refractivity contribution in [1.82, 2.24) is 24.1 Å². The minimum atomic E-state index is -0.234. The molecule has 6 aromatic rings. The lowest BCUT2D eigenvalue weighted by atomic mass is 10.3. The molecular weight excluding hydrogens is 445 g/mol. The van der Waals surface area contributed by atoms with Crippen molar-refractivity contribution in [3.63, 3.8) is 0 Å². The second kappa shape index (κ2) is 7.15. The average molecular weight is 458 g/mol. The quantitative estimate of drug-likeness (QED) is 0.340. The van der Waals surface area contributed by atoms with Gasteiger partial charge in [0, 0.05) is 10.0 Å². The van der Waals surface area contributed by atoms with Gasteiger partial charge in [0.25, 0.3) is 5.56 Å². The highest BCUT2D eigenvalue weighted by molar-refractivity contribution is 6.35. The molecule has 6 nitrogen and oxygen atoms in total. The van der Waals surface area contributed by atoms with Crippen LogP contribution in [0.4, 0.5) is 0 Å². The third kappa shape index (κ3) is 2.88. The van der Waals surface area contributed by atoms with Crippen LogP contribution in [0.3, 0.4) is 0 Å². The first-order chi connectivity index (χ1) is 15.6. The summed E-state index contributed by atoms with van der Waals surface area (Å²) in [7, 11) is 0. The number of hydrogen-bond donors (Lipinski definition) is 0. The van der Waals surface area contributed by atoms with Gasteiger partial charge in [-0.2, -0.15) is 0 Å². The highest BCUT2D eigenvalue weighted by atomic mass is 35.5. The number of halogens is 2. The van der Waals surface area contributed by atoms with Crippen molar-refractivity contribution in [2.45, 2.75) is 0 Å². The Morgan fingerprint density at radius 2 is 1.38 bits per heavy atom. The Balaban J connectivity index is 1.81. The average Bonchev–Trinajstić information content (AvgIpc) is 3.11. The second-order valence-electron chi connectivity index (χ2n) is 7.30. The summed E-state index contributed by atoms with van der Waals surface area (Å²) < 4.78 is 3.28. The molecule has 0 N–H and O–H groups in total. The zero-order valence-electron chi connectivity index (χ0n) is 16.4. The Morgan fingerprint density at radius 3 is 2.09 bits per heavy atom. The van der Waals surface area contributed by atoms with Crippen LogP contribution in [-0.2, 0) is 0 Å². The second-order valence-corrected chi connectivity index (χ2v) is 8.17. The third-order valence-electron chi connectivity index (χ3n) is 5.30. The molecule has 154 valence electrons. The lowest BCUT2D eigenvalue weighted by molar-refractivity contribution is 0.952. The normalized spacial score (nSPS) is 11.6. The standard InChI is InChI=1S/C24H13Cl2N5O/c25-14-10-15(26)12-17(11-14)31-22-20(21-23(31)29-19-9-5-4-8-18(19)28-21)24(32)30(13-27-22)16-6-2-1-3-7-16/h1-13H. The molecule has 0 bridgehead atoms. The van der Waals surface area contributed by atoms with Gasteiger partial charge in [-0.15, -0.1) is 0 Å². The van der Waals surface area contributed by atoms with Crippen LogP contribution in [0.1, 0.15) is 0 Å². The molecule has 0 aliphatic heterocycles. The lowest BCUT2D eigenvalue weighted by Crippen LogP contribution is -2.18. The number of nitrogens with zero attached hydrogens (tertiary/aromatic N) is 5. The third-order valence-corrected chi connectivity index (χ3v) is 5.74. The number of fused-ring (bicyclic) bond motifs is 4. The van der Waals surface area contributed by atoms with Gasteiger partial charge >= 0.3 is 0 Å². The van der Waals surface area contributed by atoms with E-state index in [9.17, 15) is 4.79 Å². The minimum Gasteiger partial charge on any atom is -0.276 e. The summed E-state index contributed by atoms with van der Waals surface area (Å²) in [6.07, 6.45) is 1.52. The summed E-state index contributed by atoms with van der Waals surface area (Å²) in [5, 5.41) is 1.31. The fraction of sp³-hybridized carbons (Fsp3) is 0. The molecule has 0 radical (unpaired) electrons. The summed E-state index contributed by atoms with van der Waals surface area (Å²) >= 11 is 12.6. The molecule has 0 fully saturated rings. The molecule has 0 saturated carbocycles. The van der Waals surface area contributed by atoms with E-state index in [2.05, 4.69) is 4.98 Å². The van der Waals surface area contributed by atoms with Gasteiger partial charge in [-0.05, 0) is 42.5 Å². The molecular formula is C24H13Cl2N5O. The molecule has 3 aromatic carbocycles. The fourth-order valence-electron chi connectivity index (χ4n) is 3.92. The van der Waals surface area contributed by atoms with E-state index in [1.807, 2.05) is 54.6 Å². The van der Waals surface area contributed by atoms with Crippen molar-refractivity contribution >= 4 is 56.4 Å². The summed E-state index contributed by atoms with van der Waals surface area (Å²) in [6.45, 7) is 0. The molecule has 0 spiro atoms. The zero-order valence-corrected chi connectivity index (χ0v) is 17.9. The highest BCUT2D eigenvalue weighted by Crippen LogP contribution is 2.31. The summed E-state index contributed by atoms with van der Waals surface area (Å²) in [4.78, 5) is 27.9. The Hall–Kier alpha value is -3.74. The van der Waals surface area contributed by atoms with Gasteiger partial charge in [-0.3, -0.25) is 13.9 Å². The number of hydrogen-bond acceptors (Lipinski definition) is 4. The van der Waals surface area contributed by atoms with Gasteiger partial charge in [-0.1, -0.05) is 53.5 Å². The monoisotopic (exact) mass is 457 g/mol. The van der Waals surface area contributed by atoms with Gasteiger partial charge in [0.05, 0.1) is 22.4 Å². The van der Waals surface area contributed by atoms with E-state index in [0.717, 1.165) is 0 Å². The molecule has 0 aliphatic carbocycles. The van der Waals surface area contributed by atoms with E-state index >= 15 is 0 Å². The van der Waals surface area contributed by atoms with E-state index in [4.69, 9.17) is 33.2 Å². The molecule has 0 unspecified atom stereocenters. The van der Waals surface area contributed by atoms with Crippen molar-refractivity contribution < 1.29 is 0 Å². The van der Waals surface area contributed by atoms with Gasteiger partial charge in [-0.25, -0.2) is 15.0 Å². The van der Waals surface area contributed by atoms with Crippen molar-refractivity contribution in [3.8, 4) is 11.4 Å². The van der Waals surface area contributed by atoms with E-state index < -0.39 is 0 Å². The lowest BCUT2D eigenvalue weighted by Gasteiger charge is -2.08. The molecule has 0 saturated heterocycles. The van der Waals surface area contributed by atoms with Crippen LogP contribution in [-0.4, -0.2) is 24.1 Å². The van der Waals surface area contributed by atoms with Crippen LogP contribution in [0.5, 0.6) is 0 Å². The number of para-hydroxylation sites is 3. The predicted molar refractivity (Wildman–Crippen MR) is 127 cm³/mol. The molecule has 6 rings (SSSR count). The first kappa shape index (κ1) is 19.0. The Morgan fingerprint density at radius 1 is 0.719 bits per heavy atom. The van der Waals surface area contributed by atoms with Crippen LogP contribution in [0.2, 0.25) is 10.0 Å². The van der Waals surface area contributed by atoms with Crippen molar-refractivity contribution in [2.24, 2.45) is 0 Å². The Kier molecular flexibility index (Phi) is 4.24. The number of benzene rings is 3. The largest absolute Gasteiger partial charge is 0.276 e. The number of rotatable bonds is 2. The Labute approximate surface area is 191 Å². The van der Waals surface area contributed by atoms with Gasteiger partial charge < -0.3 is 0 Å². The molecule has 8 heteroatoms. The molecule has 0 amide bonds. The van der Waals surface area contributed by atoms with Crippen molar-refractivity contribution in [1.29, 1.82) is 0 Å². The summed E-state index contributed by atoms with van der Waals surface area (Å²) in [5.74, 6) is 0. The SMILES string of the molecule is O=c1c2c3nc4ccccc4nc3n(-c3cc(Cl)cc(Cl)c3)c2ncn1-c1ccccc1. The minimum absolute atomic E-state index is 0.234. The van der Waals surface area contributed by atoms with Crippen molar-refractivity contribution in [2.75, 3.05) is 0 Å². The maximum atomic E-state index is 13.6. The predicted octanol–water partition coefficient (Wildman–Crippen LogP) is 5.58. The molecule has 0 aliphatic rings.